The molecule has 0 amide bonds. The van der Waals surface area contributed by atoms with Crippen molar-refractivity contribution >= 4 is 56.8 Å². The molecule has 1 rings (SSSR count). The largest absolute Gasteiger partial charge is 0.266 e. The molecule has 1 heterocycles. The van der Waals surface area contributed by atoms with Crippen LogP contribution in [0.5, 0.6) is 0 Å². The molecule has 13 heavy (non-hydrogen) atoms. The van der Waals surface area contributed by atoms with Crippen molar-refractivity contribution in [1.29, 1.82) is 0 Å². The van der Waals surface area contributed by atoms with E-state index in [-0.39, 0.29) is 11.4 Å². The van der Waals surface area contributed by atoms with Crippen LogP contribution >= 0.6 is 56.8 Å². The molecule has 0 saturated carbocycles. The maximum Gasteiger partial charge on any atom is 0.266 e. The summed E-state index contributed by atoms with van der Waals surface area (Å²) in [6, 6.07) is 1.43. The van der Waals surface area contributed by atoms with Gasteiger partial charge in [-0.3, -0.25) is 0 Å². The zero-order valence-corrected chi connectivity index (χ0v) is 11.3. The molecule has 0 aromatic carbocycles. The number of rotatable bonds is 2. The molecular weight excluding hydrogens is 425 g/mol. The molecule has 0 fully saturated rings. The summed E-state index contributed by atoms with van der Waals surface area (Å²) in [6.45, 7) is 0. The van der Waals surface area contributed by atoms with E-state index >= 15 is 0 Å². The summed E-state index contributed by atoms with van der Waals surface area (Å²) >= 11 is 9.32. The molecule has 0 radical (unpaired) electrons. The SMILES string of the molecule is FC(F)c1cc(I)c(CCl)nc1I. The second-order valence-corrected chi connectivity index (χ2v) is 4.68. The van der Waals surface area contributed by atoms with Crippen LogP contribution in [0.3, 0.4) is 0 Å². The van der Waals surface area contributed by atoms with Crippen LogP contribution < -0.4 is 0 Å². The fourth-order valence-corrected chi connectivity index (χ4v) is 2.52. The Morgan fingerprint density at radius 2 is 2.08 bits per heavy atom. The minimum atomic E-state index is -2.47. The van der Waals surface area contributed by atoms with Crippen LogP contribution in [0.1, 0.15) is 17.7 Å². The Kier molecular flexibility index (Phi) is 4.56. The molecule has 0 aliphatic rings. The topological polar surface area (TPSA) is 12.9 Å². The van der Waals surface area contributed by atoms with E-state index in [0.717, 1.165) is 0 Å². The summed E-state index contributed by atoms with van der Waals surface area (Å²) in [5, 5.41) is 0. The number of nitrogens with zero attached hydrogens (tertiary/aromatic N) is 1. The molecule has 0 spiro atoms. The van der Waals surface area contributed by atoms with Gasteiger partial charge in [-0.1, -0.05) is 0 Å². The first kappa shape index (κ1) is 11.8. The van der Waals surface area contributed by atoms with E-state index in [1.807, 2.05) is 22.6 Å². The average molecular weight is 429 g/mol. The Morgan fingerprint density at radius 1 is 1.46 bits per heavy atom. The lowest BCUT2D eigenvalue weighted by molar-refractivity contribution is 0.149. The molecule has 0 bridgehead atoms. The van der Waals surface area contributed by atoms with Gasteiger partial charge < -0.3 is 0 Å². The second-order valence-electron chi connectivity index (χ2n) is 2.23. The monoisotopic (exact) mass is 429 g/mol. The molecule has 0 unspecified atom stereocenters. The number of aromatic nitrogens is 1. The van der Waals surface area contributed by atoms with E-state index in [1.54, 1.807) is 22.6 Å². The smallest absolute Gasteiger partial charge is 0.244 e. The summed E-state index contributed by atoms with van der Waals surface area (Å²) in [7, 11) is 0. The van der Waals surface area contributed by atoms with Crippen molar-refractivity contribution in [2.24, 2.45) is 0 Å². The Morgan fingerprint density at radius 3 is 2.54 bits per heavy atom. The summed E-state index contributed by atoms with van der Waals surface area (Å²) < 4.78 is 25.7. The van der Waals surface area contributed by atoms with Crippen molar-refractivity contribution in [1.82, 2.24) is 4.98 Å². The van der Waals surface area contributed by atoms with E-state index in [9.17, 15) is 8.78 Å². The van der Waals surface area contributed by atoms with Crippen molar-refractivity contribution < 1.29 is 8.78 Å². The van der Waals surface area contributed by atoms with Crippen molar-refractivity contribution in [2.75, 3.05) is 0 Å². The third kappa shape index (κ3) is 2.85. The summed E-state index contributed by atoms with van der Waals surface area (Å²) in [5.41, 5.74) is 0.620. The minimum Gasteiger partial charge on any atom is -0.244 e. The van der Waals surface area contributed by atoms with Crippen molar-refractivity contribution in [3.05, 3.63) is 24.6 Å². The highest BCUT2D eigenvalue weighted by Gasteiger charge is 2.15. The average Bonchev–Trinajstić information content (AvgIpc) is 2.07. The second kappa shape index (κ2) is 5.01. The lowest BCUT2D eigenvalue weighted by Gasteiger charge is -2.06. The highest BCUT2D eigenvalue weighted by atomic mass is 127. The molecule has 72 valence electrons. The fraction of sp³-hybridized carbons (Fsp3) is 0.286. The summed E-state index contributed by atoms with van der Waals surface area (Å²) in [5.74, 6) is 0.248. The predicted octanol–water partition coefficient (Wildman–Crippen LogP) is 3.97. The predicted molar refractivity (Wildman–Crippen MR) is 64.2 cm³/mol. The van der Waals surface area contributed by atoms with Crippen LogP contribution in [0.2, 0.25) is 0 Å². The first-order valence-corrected chi connectivity index (χ1v) is 5.94. The molecule has 0 N–H and O–H groups in total. The van der Waals surface area contributed by atoms with E-state index in [4.69, 9.17) is 11.6 Å². The number of hydrogen-bond donors (Lipinski definition) is 0. The van der Waals surface area contributed by atoms with Gasteiger partial charge in [-0.25, -0.2) is 13.8 Å². The van der Waals surface area contributed by atoms with Gasteiger partial charge in [0.25, 0.3) is 6.43 Å². The van der Waals surface area contributed by atoms with Gasteiger partial charge in [0.2, 0.25) is 0 Å². The van der Waals surface area contributed by atoms with Crippen LogP contribution in [0.15, 0.2) is 6.07 Å². The molecule has 0 atom stereocenters. The Hall–Kier alpha value is 0.760. The quantitative estimate of drug-likeness (QED) is 0.394. The van der Waals surface area contributed by atoms with Crippen molar-refractivity contribution in [2.45, 2.75) is 12.3 Å². The van der Waals surface area contributed by atoms with Crippen molar-refractivity contribution in [3.8, 4) is 0 Å². The van der Waals surface area contributed by atoms with E-state index in [1.165, 1.54) is 6.07 Å². The lowest BCUT2D eigenvalue weighted by Crippen LogP contribution is -1.99. The van der Waals surface area contributed by atoms with Gasteiger partial charge in [0.1, 0.15) is 3.70 Å². The summed E-state index contributed by atoms with van der Waals surface area (Å²) in [4.78, 5) is 3.98. The Labute approximate surface area is 107 Å². The number of pyridine rings is 1. The lowest BCUT2D eigenvalue weighted by atomic mass is 10.3. The van der Waals surface area contributed by atoms with Crippen LogP contribution in [0, 0.1) is 7.27 Å². The highest BCUT2D eigenvalue weighted by Crippen LogP contribution is 2.26. The first-order valence-electron chi connectivity index (χ1n) is 3.25. The molecular formula is C7H4ClF2I2N. The number of alkyl halides is 3. The molecule has 1 aromatic heterocycles. The first-order chi connectivity index (χ1) is 6.06. The van der Waals surface area contributed by atoms with E-state index in [2.05, 4.69) is 4.98 Å². The Bertz CT molecular complexity index is 320. The van der Waals surface area contributed by atoms with Crippen molar-refractivity contribution in [3.63, 3.8) is 0 Å². The maximum absolute atomic E-state index is 12.4. The van der Waals surface area contributed by atoms with E-state index in [0.29, 0.717) is 13.0 Å². The minimum absolute atomic E-state index is 0.0288. The molecule has 0 aliphatic heterocycles. The number of halogens is 5. The van der Waals surface area contributed by atoms with Gasteiger partial charge in [-0.05, 0) is 51.2 Å². The van der Waals surface area contributed by atoms with Crippen LogP contribution in [0.4, 0.5) is 8.78 Å². The zero-order valence-electron chi connectivity index (χ0n) is 6.20. The van der Waals surface area contributed by atoms with Gasteiger partial charge in [0.15, 0.2) is 0 Å². The van der Waals surface area contributed by atoms with Crippen LogP contribution in [0.25, 0.3) is 0 Å². The van der Waals surface area contributed by atoms with Crippen LogP contribution in [-0.4, -0.2) is 4.98 Å². The molecule has 6 heteroatoms. The molecule has 1 nitrogen and oxygen atoms in total. The summed E-state index contributed by atoms with van der Waals surface area (Å²) in [6.07, 6.45) is -2.47. The van der Waals surface area contributed by atoms with E-state index < -0.39 is 6.43 Å². The van der Waals surface area contributed by atoms with Crippen LogP contribution in [-0.2, 0) is 5.88 Å². The normalized spacial score (nSPS) is 10.9. The molecule has 1 aromatic rings. The number of hydrogen-bond acceptors (Lipinski definition) is 1. The third-order valence-electron chi connectivity index (χ3n) is 1.39. The molecule has 0 aliphatic carbocycles. The van der Waals surface area contributed by atoms with Gasteiger partial charge in [0, 0.05) is 3.57 Å². The van der Waals surface area contributed by atoms with Gasteiger partial charge in [0.05, 0.1) is 17.1 Å². The fourth-order valence-electron chi connectivity index (χ4n) is 0.763. The molecule has 0 saturated heterocycles. The standard InChI is InChI=1S/C7H4ClF2I2N/c8-2-5-4(11)1-3(6(9)10)7(12)13-5/h1,6H,2H2. The maximum atomic E-state index is 12.4. The van der Waals surface area contributed by atoms with Gasteiger partial charge >= 0.3 is 0 Å². The third-order valence-corrected chi connectivity index (χ3v) is 3.44. The van der Waals surface area contributed by atoms with Gasteiger partial charge in [-0.15, -0.1) is 11.6 Å². The van der Waals surface area contributed by atoms with Gasteiger partial charge in [-0.2, -0.15) is 0 Å². The zero-order chi connectivity index (χ0) is 10.0. The highest BCUT2D eigenvalue weighted by molar-refractivity contribution is 14.1. The Balaban J connectivity index is 3.20.